The van der Waals surface area contributed by atoms with E-state index in [2.05, 4.69) is 24.1 Å². The van der Waals surface area contributed by atoms with Crippen molar-refractivity contribution in [3.63, 3.8) is 0 Å². The van der Waals surface area contributed by atoms with E-state index in [4.69, 9.17) is 0 Å². The summed E-state index contributed by atoms with van der Waals surface area (Å²) in [6.07, 6.45) is 7.96. The lowest BCUT2D eigenvalue weighted by Crippen LogP contribution is -2.58. The fourth-order valence-corrected chi connectivity index (χ4v) is 3.32. The van der Waals surface area contributed by atoms with Crippen LogP contribution in [0.3, 0.4) is 0 Å². The van der Waals surface area contributed by atoms with Gasteiger partial charge in [-0.1, -0.05) is 20.3 Å². The molecule has 0 aromatic heterocycles. The molecule has 0 amide bonds. The lowest BCUT2D eigenvalue weighted by molar-refractivity contribution is 0.0768. The summed E-state index contributed by atoms with van der Waals surface area (Å²) >= 11 is 0. The maximum absolute atomic E-state index is 9.97. The monoisotopic (exact) mass is 268 g/mol. The maximum Gasteiger partial charge on any atom is 0.0628 e. The average molecular weight is 268 g/mol. The molecule has 19 heavy (non-hydrogen) atoms. The van der Waals surface area contributed by atoms with Crippen LogP contribution in [0.15, 0.2) is 0 Å². The van der Waals surface area contributed by atoms with Crippen molar-refractivity contribution in [2.75, 3.05) is 32.8 Å². The van der Waals surface area contributed by atoms with E-state index in [1.165, 1.54) is 38.6 Å². The molecule has 2 N–H and O–H groups in total. The van der Waals surface area contributed by atoms with Crippen LogP contribution in [-0.2, 0) is 0 Å². The summed E-state index contributed by atoms with van der Waals surface area (Å²) in [6, 6.07) is 0. The Hall–Kier alpha value is -0.120. The van der Waals surface area contributed by atoms with E-state index in [0.29, 0.717) is 12.5 Å². The molecule has 0 spiro atoms. The highest BCUT2D eigenvalue weighted by molar-refractivity contribution is 5.03. The zero-order valence-corrected chi connectivity index (χ0v) is 12.8. The van der Waals surface area contributed by atoms with E-state index in [1.54, 1.807) is 0 Å². The van der Waals surface area contributed by atoms with Crippen molar-refractivity contribution >= 4 is 0 Å². The second-order valence-electron chi connectivity index (χ2n) is 6.64. The summed E-state index contributed by atoms with van der Waals surface area (Å²) in [7, 11) is 0. The third-order valence-electron chi connectivity index (χ3n) is 5.06. The number of rotatable bonds is 10. The van der Waals surface area contributed by atoms with E-state index < -0.39 is 0 Å². The third-order valence-corrected chi connectivity index (χ3v) is 5.06. The van der Waals surface area contributed by atoms with Gasteiger partial charge >= 0.3 is 0 Å². The van der Waals surface area contributed by atoms with Crippen molar-refractivity contribution in [1.82, 2.24) is 10.2 Å². The Kier molecular flexibility index (Phi) is 5.67. The number of nitrogens with one attached hydrogen (secondary N) is 1. The van der Waals surface area contributed by atoms with Crippen LogP contribution in [0, 0.1) is 11.8 Å². The van der Waals surface area contributed by atoms with Crippen LogP contribution in [0.4, 0.5) is 0 Å². The second-order valence-corrected chi connectivity index (χ2v) is 6.64. The van der Waals surface area contributed by atoms with Gasteiger partial charge < -0.3 is 15.3 Å². The van der Waals surface area contributed by atoms with Crippen LogP contribution in [-0.4, -0.2) is 48.3 Å². The van der Waals surface area contributed by atoms with E-state index in [9.17, 15) is 5.11 Å². The van der Waals surface area contributed by atoms with Crippen molar-refractivity contribution in [2.24, 2.45) is 11.8 Å². The number of aliphatic hydroxyl groups excluding tert-OH is 1. The molecule has 0 saturated heterocycles. The lowest BCUT2D eigenvalue weighted by Gasteiger charge is -2.40. The Balaban J connectivity index is 1.91. The Morgan fingerprint density at radius 3 is 2.37 bits per heavy atom. The molecule has 2 aliphatic carbocycles. The maximum atomic E-state index is 9.97. The molecular weight excluding hydrogens is 236 g/mol. The quantitative estimate of drug-likeness (QED) is 0.638. The molecule has 0 radical (unpaired) electrons. The number of hydrogen-bond acceptors (Lipinski definition) is 3. The minimum Gasteiger partial charge on any atom is -0.394 e. The van der Waals surface area contributed by atoms with Gasteiger partial charge in [0.05, 0.1) is 12.1 Å². The molecule has 1 atom stereocenters. The summed E-state index contributed by atoms with van der Waals surface area (Å²) in [5, 5.41) is 13.7. The SMILES string of the molecule is CCCNC(CO)(CN(CC)CC1CCC1)C1CC1. The van der Waals surface area contributed by atoms with Crippen LogP contribution in [0.25, 0.3) is 0 Å². The van der Waals surface area contributed by atoms with Crippen molar-refractivity contribution in [2.45, 2.75) is 57.9 Å². The number of likely N-dealkylation sites (N-methyl/N-ethyl adjacent to an activating group) is 1. The molecule has 1 unspecified atom stereocenters. The first-order valence-electron chi connectivity index (χ1n) is 8.32. The first-order chi connectivity index (χ1) is 9.24. The van der Waals surface area contributed by atoms with Gasteiger partial charge in [0.1, 0.15) is 0 Å². The summed E-state index contributed by atoms with van der Waals surface area (Å²) in [6.45, 7) is 9.15. The van der Waals surface area contributed by atoms with Gasteiger partial charge in [-0.15, -0.1) is 0 Å². The molecule has 0 heterocycles. The summed E-state index contributed by atoms with van der Waals surface area (Å²) in [5.74, 6) is 1.61. The minimum absolute atomic E-state index is 0.0320. The largest absolute Gasteiger partial charge is 0.394 e. The molecule has 0 aliphatic heterocycles. The predicted molar refractivity (Wildman–Crippen MR) is 80.3 cm³/mol. The fourth-order valence-electron chi connectivity index (χ4n) is 3.32. The van der Waals surface area contributed by atoms with Crippen LogP contribution in [0.5, 0.6) is 0 Å². The first kappa shape index (κ1) is 15.3. The van der Waals surface area contributed by atoms with E-state index in [1.807, 2.05) is 0 Å². The van der Waals surface area contributed by atoms with E-state index in [0.717, 1.165) is 32.0 Å². The normalized spacial score (nSPS) is 23.4. The zero-order valence-electron chi connectivity index (χ0n) is 12.8. The third kappa shape index (κ3) is 3.93. The number of aliphatic hydroxyl groups is 1. The van der Waals surface area contributed by atoms with Gasteiger partial charge in [-0.05, 0) is 57.0 Å². The second kappa shape index (κ2) is 7.05. The molecule has 2 fully saturated rings. The molecule has 2 aliphatic rings. The van der Waals surface area contributed by atoms with Crippen molar-refractivity contribution < 1.29 is 5.11 Å². The fraction of sp³-hybridized carbons (Fsp3) is 1.00. The van der Waals surface area contributed by atoms with E-state index in [-0.39, 0.29) is 5.54 Å². The lowest BCUT2D eigenvalue weighted by atomic mass is 9.84. The molecule has 0 bridgehead atoms. The smallest absolute Gasteiger partial charge is 0.0628 e. The van der Waals surface area contributed by atoms with Gasteiger partial charge in [-0.25, -0.2) is 0 Å². The van der Waals surface area contributed by atoms with Crippen molar-refractivity contribution in [3.05, 3.63) is 0 Å². The Morgan fingerprint density at radius 1 is 1.21 bits per heavy atom. The molecule has 3 heteroatoms. The van der Waals surface area contributed by atoms with Gasteiger partial charge in [0.15, 0.2) is 0 Å². The predicted octanol–water partition coefficient (Wildman–Crippen LogP) is 2.25. The molecule has 2 saturated carbocycles. The number of nitrogens with zero attached hydrogens (tertiary/aromatic N) is 1. The van der Waals surface area contributed by atoms with Gasteiger partial charge in [-0.2, -0.15) is 0 Å². The van der Waals surface area contributed by atoms with Gasteiger partial charge in [0.25, 0.3) is 0 Å². The topological polar surface area (TPSA) is 35.5 Å². The van der Waals surface area contributed by atoms with Crippen LogP contribution in [0.1, 0.15) is 52.4 Å². The molecule has 3 nitrogen and oxygen atoms in total. The zero-order chi connectivity index (χ0) is 13.7. The molecule has 2 rings (SSSR count). The summed E-state index contributed by atoms with van der Waals surface area (Å²) in [5.41, 5.74) is -0.0320. The molecule has 112 valence electrons. The molecule has 0 aromatic carbocycles. The van der Waals surface area contributed by atoms with Gasteiger partial charge in [-0.3, -0.25) is 0 Å². The van der Waals surface area contributed by atoms with Crippen LogP contribution in [0.2, 0.25) is 0 Å². The molecule has 0 aromatic rings. The van der Waals surface area contributed by atoms with Gasteiger partial charge in [0.2, 0.25) is 0 Å². The van der Waals surface area contributed by atoms with Crippen LogP contribution >= 0.6 is 0 Å². The average Bonchev–Trinajstić information content (AvgIpc) is 3.21. The standard InChI is InChI=1S/C16H32N2O/c1-3-10-17-16(13-19,15-8-9-15)12-18(4-2)11-14-6-5-7-14/h14-15,17,19H,3-13H2,1-2H3. The summed E-state index contributed by atoms with van der Waals surface area (Å²) in [4.78, 5) is 2.57. The van der Waals surface area contributed by atoms with Crippen molar-refractivity contribution in [1.29, 1.82) is 0 Å². The van der Waals surface area contributed by atoms with Crippen molar-refractivity contribution in [3.8, 4) is 0 Å². The van der Waals surface area contributed by atoms with Gasteiger partial charge in [0, 0.05) is 13.1 Å². The highest BCUT2D eigenvalue weighted by Crippen LogP contribution is 2.40. The minimum atomic E-state index is -0.0320. The molecular formula is C16H32N2O. The van der Waals surface area contributed by atoms with E-state index >= 15 is 0 Å². The highest BCUT2D eigenvalue weighted by atomic mass is 16.3. The van der Waals surface area contributed by atoms with Crippen LogP contribution < -0.4 is 5.32 Å². The first-order valence-corrected chi connectivity index (χ1v) is 8.32. The Bertz CT molecular complexity index is 263. The summed E-state index contributed by atoms with van der Waals surface area (Å²) < 4.78 is 0. The highest BCUT2D eigenvalue weighted by Gasteiger charge is 2.45. The number of hydrogen-bond donors (Lipinski definition) is 2. The Morgan fingerprint density at radius 2 is 1.95 bits per heavy atom. The Labute approximate surface area is 118 Å².